The number of rotatable bonds is 3. The summed E-state index contributed by atoms with van der Waals surface area (Å²) in [6.45, 7) is 4.50. The molecule has 0 spiro atoms. The van der Waals surface area contributed by atoms with Crippen molar-refractivity contribution in [3.8, 4) is 11.5 Å². The van der Waals surface area contributed by atoms with Crippen LogP contribution < -0.4 is 14.8 Å². The highest BCUT2D eigenvalue weighted by atomic mass is 16.6. The van der Waals surface area contributed by atoms with Crippen molar-refractivity contribution in [1.82, 2.24) is 10.2 Å². The van der Waals surface area contributed by atoms with Gasteiger partial charge in [0.15, 0.2) is 11.5 Å². The summed E-state index contributed by atoms with van der Waals surface area (Å²) in [7, 11) is 2.19. The number of fused-ring (bicyclic) bond motifs is 1. The van der Waals surface area contributed by atoms with Crippen molar-refractivity contribution in [2.24, 2.45) is 0 Å². The zero-order valence-corrected chi connectivity index (χ0v) is 10.8. The molecule has 4 heteroatoms. The first-order valence-electron chi connectivity index (χ1n) is 6.62. The second-order valence-electron chi connectivity index (χ2n) is 5.04. The van der Waals surface area contributed by atoms with E-state index in [2.05, 4.69) is 29.4 Å². The molecule has 2 heterocycles. The molecular weight excluding hydrogens is 228 g/mol. The van der Waals surface area contributed by atoms with Gasteiger partial charge in [-0.1, -0.05) is 6.07 Å². The maximum Gasteiger partial charge on any atom is 0.161 e. The van der Waals surface area contributed by atoms with Crippen molar-refractivity contribution in [1.29, 1.82) is 0 Å². The lowest BCUT2D eigenvalue weighted by molar-refractivity contribution is 0.171. The molecule has 4 nitrogen and oxygen atoms in total. The third kappa shape index (κ3) is 2.44. The van der Waals surface area contributed by atoms with Gasteiger partial charge in [-0.25, -0.2) is 0 Å². The van der Waals surface area contributed by atoms with Crippen LogP contribution in [0, 0.1) is 0 Å². The summed E-state index contributed by atoms with van der Waals surface area (Å²) < 4.78 is 11.1. The lowest BCUT2D eigenvalue weighted by atomic mass is 10.1. The van der Waals surface area contributed by atoms with Crippen molar-refractivity contribution in [3.05, 3.63) is 23.8 Å². The molecule has 0 amide bonds. The van der Waals surface area contributed by atoms with E-state index in [4.69, 9.17) is 9.47 Å². The predicted molar refractivity (Wildman–Crippen MR) is 70.2 cm³/mol. The van der Waals surface area contributed by atoms with E-state index in [1.165, 1.54) is 12.0 Å². The number of likely N-dealkylation sites (N-methyl/N-ethyl adjacent to an activating group) is 1. The number of hydrogen-bond donors (Lipinski definition) is 1. The van der Waals surface area contributed by atoms with E-state index in [0.717, 1.165) is 31.1 Å². The highest BCUT2D eigenvalue weighted by Crippen LogP contribution is 2.31. The van der Waals surface area contributed by atoms with Gasteiger partial charge in [0, 0.05) is 19.1 Å². The Morgan fingerprint density at radius 1 is 1.28 bits per heavy atom. The van der Waals surface area contributed by atoms with Crippen LogP contribution in [0.3, 0.4) is 0 Å². The molecule has 1 aromatic carbocycles. The van der Waals surface area contributed by atoms with Gasteiger partial charge in [0.05, 0.1) is 0 Å². The second-order valence-corrected chi connectivity index (χ2v) is 5.04. The number of nitrogens with zero attached hydrogens (tertiary/aromatic N) is 1. The van der Waals surface area contributed by atoms with Crippen LogP contribution in [0.25, 0.3) is 0 Å². The Labute approximate surface area is 108 Å². The van der Waals surface area contributed by atoms with Gasteiger partial charge in [-0.2, -0.15) is 0 Å². The fourth-order valence-corrected chi connectivity index (χ4v) is 2.62. The van der Waals surface area contributed by atoms with Crippen molar-refractivity contribution in [2.45, 2.75) is 19.0 Å². The lowest BCUT2D eigenvalue weighted by Gasteiger charge is -2.24. The van der Waals surface area contributed by atoms with Gasteiger partial charge < -0.3 is 14.8 Å². The molecule has 2 aliphatic rings. The average Bonchev–Trinajstić information content (AvgIpc) is 2.92. The zero-order valence-electron chi connectivity index (χ0n) is 10.8. The Balaban J connectivity index is 1.68. The Kier molecular flexibility index (Phi) is 3.39. The molecule has 98 valence electrons. The molecule has 1 unspecified atom stereocenters. The minimum Gasteiger partial charge on any atom is -0.486 e. The van der Waals surface area contributed by atoms with Gasteiger partial charge in [-0.05, 0) is 37.7 Å². The summed E-state index contributed by atoms with van der Waals surface area (Å²) in [6.07, 6.45) is 1.24. The van der Waals surface area contributed by atoms with E-state index >= 15 is 0 Å². The molecule has 0 bridgehead atoms. The van der Waals surface area contributed by atoms with E-state index in [0.29, 0.717) is 19.3 Å². The first kappa shape index (κ1) is 11.8. The van der Waals surface area contributed by atoms with Crippen LogP contribution in [-0.4, -0.2) is 44.3 Å². The SMILES string of the molecule is CN(Cc1ccc2c(c1)OCCO2)C1CCNC1. The molecule has 0 radical (unpaired) electrons. The van der Waals surface area contributed by atoms with Crippen LogP contribution in [-0.2, 0) is 6.54 Å². The third-order valence-corrected chi connectivity index (χ3v) is 3.70. The van der Waals surface area contributed by atoms with Gasteiger partial charge in [0.1, 0.15) is 13.2 Å². The molecule has 2 aliphatic heterocycles. The van der Waals surface area contributed by atoms with Crippen LogP contribution in [0.1, 0.15) is 12.0 Å². The van der Waals surface area contributed by atoms with Crippen LogP contribution in [0.4, 0.5) is 0 Å². The highest BCUT2D eigenvalue weighted by molar-refractivity contribution is 5.43. The van der Waals surface area contributed by atoms with E-state index in [1.807, 2.05) is 6.07 Å². The van der Waals surface area contributed by atoms with Crippen LogP contribution >= 0.6 is 0 Å². The fourth-order valence-electron chi connectivity index (χ4n) is 2.62. The van der Waals surface area contributed by atoms with E-state index in [-0.39, 0.29) is 0 Å². The second kappa shape index (κ2) is 5.16. The minimum absolute atomic E-state index is 0.651. The topological polar surface area (TPSA) is 33.7 Å². The molecule has 18 heavy (non-hydrogen) atoms. The van der Waals surface area contributed by atoms with Gasteiger partial charge >= 0.3 is 0 Å². The lowest BCUT2D eigenvalue weighted by Crippen LogP contribution is -2.32. The van der Waals surface area contributed by atoms with Crippen LogP contribution in [0.5, 0.6) is 11.5 Å². The number of hydrogen-bond acceptors (Lipinski definition) is 4. The smallest absolute Gasteiger partial charge is 0.161 e. The Bertz CT molecular complexity index is 416. The first-order chi connectivity index (χ1) is 8.83. The fraction of sp³-hybridized carbons (Fsp3) is 0.571. The molecule has 1 N–H and O–H groups in total. The molecule has 3 rings (SSSR count). The number of ether oxygens (including phenoxy) is 2. The van der Waals surface area contributed by atoms with Crippen LogP contribution in [0.2, 0.25) is 0 Å². The standard InChI is InChI=1S/C14H20N2O2/c1-16(12-4-5-15-9-12)10-11-2-3-13-14(8-11)18-7-6-17-13/h2-3,8,12,15H,4-7,9-10H2,1H3. The Morgan fingerprint density at radius 2 is 2.11 bits per heavy atom. The monoisotopic (exact) mass is 248 g/mol. The number of nitrogens with one attached hydrogen (secondary N) is 1. The Hall–Kier alpha value is -1.26. The summed E-state index contributed by atoms with van der Waals surface area (Å²) in [5.41, 5.74) is 1.29. The first-order valence-corrected chi connectivity index (χ1v) is 6.62. The quantitative estimate of drug-likeness (QED) is 0.873. The van der Waals surface area contributed by atoms with Crippen molar-refractivity contribution in [2.75, 3.05) is 33.4 Å². The normalized spacial score (nSPS) is 22.4. The van der Waals surface area contributed by atoms with Gasteiger partial charge in [-0.15, -0.1) is 0 Å². The number of benzene rings is 1. The molecule has 0 aromatic heterocycles. The average molecular weight is 248 g/mol. The summed E-state index contributed by atoms with van der Waals surface area (Å²) in [4.78, 5) is 2.41. The maximum absolute atomic E-state index is 5.62. The van der Waals surface area contributed by atoms with E-state index in [1.54, 1.807) is 0 Å². The zero-order chi connectivity index (χ0) is 12.4. The van der Waals surface area contributed by atoms with Crippen molar-refractivity contribution >= 4 is 0 Å². The van der Waals surface area contributed by atoms with Crippen molar-refractivity contribution in [3.63, 3.8) is 0 Å². The third-order valence-electron chi connectivity index (χ3n) is 3.70. The summed E-state index contributed by atoms with van der Waals surface area (Å²) in [6, 6.07) is 6.91. The predicted octanol–water partition coefficient (Wildman–Crippen LogP) is 1.25. The molecular formula is C14H20N2O2. The van der Waals surface area contributed by atoms with Gasteiger partial charge in [0.25, 0.3) is 0 Å². The van der Waals surface area contributed by atoms with Crippen LogP contribution in [0.15, 0.2) is 18.2 Å². The van der Waals surface area contributed by atoms with Gasteiger partial charge in [0.2, 0.25) is 0 Å². The largest absolute Gasteiger partial charge is 0.486 e. The maximum atomic E-state index is 5.62. The summed E-state index contributed by atoms with van der Waals surface area (Å²) >= 11 is 0. The molecule has 0 saturated carbocycles. The minimum atomic E-state index is 0.651. The molecule has 1 saturated heterocycles. The molecule has 1 atom stereocenters. The highest BCUT2D eigenvalue weighted by Gasteiger charge is 2.19. The summed E-state index contributed by atoms with van der Waals surface area (Å²) in [5, 5.41) is 3.40. The molecule has 0 aliphatic carbocycles. The van der Waals surface area contributed by atoms with E-state index < -0.39 is 0 Å². The molecule has 1 fully saturated rings. The van der Waals surface area contributed by atoms with E-state index in [9.17, 15) is 0 Å². The molecule has 1 aromatic rings. The van der Waals surface area contributed by atoms with Gasteiger partial charge in [-0.3, -0.25) is 4.90 Å². The summed E-state index contributed by atoms with van der Waals surface area (Å²) in [5.74, 6) is 1.76. The Morgan fingerprint density at radius 3 is 2.89 bits per heavy atom. The van der Waals surface area contributed by atoms with Crippen molar-refractivity contribution < 1.29 is 9.47 Å².